The smallest absolute Gasteiger partial charge is 0.321 e. The van der Waals surface area contributed by atoms with Crippen LogP contribution in [0, 0.1) is 11.3 Å². The molecule has 0 spiro atoms. The highest BCUT2D eigenvalue weighted by atomic mass is 16.5. The lowest BCUT2D eigenvalue weighted by Crippen LogP contribution is -2.50. The van der Waals surface area contributed by atoms with Gasteiger partial charge in [-0.2, -0.15) is 5.26 Å². The van der Waals surface area contributed by atoms with Crippen molar-refractivity contribution in [3.8, 4) is 11.8 Å². The highest BCUT2D eigenvalue weighted by molar-refractivity contribution is 5.89. The van der Waals surface area contributed by atoms with Crippen molar-refractivity contribution in [1.82, 2.24) is 4.90 Å². The van der Waals surface area contributed by atoms with E-state index in [1.54, 1.807) is 18.1 Å². The van der Waals surface area contributed by atoms with Crippen LogP contribution in [0.3, 0.4) is 0 Å². The molecule has 1 saturated heterocycles. The Morgan fingerprint density at radius 2 is 1.88 bits per heavy atom. The molecule has 1 aliphatic rings. The van der Waals surface area contributed by atoms with Crippen molar-refractivity contribution in [2.45, 2.75) is 0 Å². The van der Waals surface area contributed by atoms with Gasteiger partial charge in [0.1, 0.15) is 11.8 Å². The lowest BCUT2D eigenvalue weighted by atomic mass is 10.1. The minimum atomic E-state index is -0.124. The van der Waals surface area contributed by atoms with Gasteiger partial charge >= 0.3 is 6.03 Å². The van der Waals surface area contributed by atoms with Crippen LogP contribution in [0.15, 0.2) is 48.5 Å². The summed E-state index contributed by atoms with van der Waals surface area (Å²) in [5.41, 5.74) is 2.30. The van der Waals surface area contributed by atoms with E-state index in [0.717, 1.165) is 5.69 Å². The average molecular weight is 336 g/mol. The Kier molecular flexibility index (Phi) is 5.05. The number of urea groups is 1. The molecule has 2 aromatic carbocycles. The van der Waals surface area contributed by atoms with E-state index in [0.29, 0.717) is 43.2 Å². The Morgan fingerprint density at radius 3 is 2.60 bits per heavy atom. The molecule has 1 fully saturated rings. The third kappa shape index (κ3) is 3.83. The van der Waals surface area contributed by atoms with Gasteiger partial charge in [-0.25, -0.2) is 4.79 Å². The summed E-state index contributed by atoms with van der Waals surface area (Å²) in [5, 5.41) is 12.1. The van der Waals surface area contributed by atoms with E-state index in [1.165, 1.54) is 0 Å². The Hall–Kier alpha value is -3.20. The van der Waals surface area contributed by atoms with Crippen LogP contribution < -0.4 is 15.0 Å². The number of carbonyl (C=O) groups is 1. The summed E-state index contributed by atoms with van der Waals surface area (Å²) in [7, 11) is 1.60. The molecule has 0 aromatic heterocycles. The molecule has 0 unspecified atom stereocenters. The van der Waals surface area contributed by atoms with Gasteiger partial charge in [0.15, 0.2) is 0 Å². The summed E-state index contributed by atoms with van der Waals surface area (Å²) < 4.78 is 5.17. The number of para-hydroxylation sites is 1. The molecule has 2 aromatic rings. The van der Waals surface area contributed by atoms with Crippen LogP contribution in [-0.4, -0.2) is 44.2 Å². The third-order valence-corrected chi connectivity index (χ3v) is 4.25. The first kappa shape index (κ1) is 16.7. The van der Waals surface area contributed by atoms with Gasteiger partial charge in [0.2, 0.25) is 0 Å². The first-order valence-electron chi connectivity index (χ1n) is 8.15. The minimum absolute atomic E-state index is 0.124. The number of anilines is 2. The Balaban J connectivity index is 1.60. The third-order valence-electron chi connectivity index (χ3n) is 4.25. The Bertz CT molecular complexity index is 792. The van der Waals surface area contributed by atoms with Crippen LogP contribution in [0.2, 0.25) is 0 Å². The lowest BCUT2D eigenvalue weighted by Gasteiger charge is -2.36. The Labute approximate surface area is 147 Å². The van der Waals surface area contributed by atoms with Crippen molar-refractivity contribution in [3.05, 3.63) is 54.1 Å². The number of piperazine rings is 1. The van der Waals surface area contributed by atoms with Gasteiger partial charge < -0.3 is 19.9 Å². The molecule has 6 nitrogen and oxygen atoms in total. The van der Waals surface area contributed by atoms with Crippen molar-refractivity contribution in [2.24, 2.45) is 0 Å². The van der Waals surface area contributed by atoms with Gasteiger partial charge in [0.25, 0.3) is 0 Å². The van der Waals surface area contributed by atoms with Gasteiger partial charge in [-0.15, -0.1) is 0 Å². The molecule has 0 atom stereocenters. The molecule has 3 rings (SSSR count). The highest BCUT2D eigenvalue weighted by Gasteiger charge is 2.22. The van der Waals surface area contributed by atoms with Crippen LogP contribution in [-0.2, 0) is 0 Å². The van der Waals surface area contributed by atoms with Crippen LogP contribution in [0.4, 0.5) is 16.2 Å². The second kappa shape index (κ2) is 7.58. The normalized spacial score (nSPS) is 13.9. The molecule has 1 N–H and O–H groups in total. The van der Waals surface area contributed by atoms with Crippen LogP contribution in [0.25, 0.3) is 0 Å². The first-order valence-corrected chi connectivity index (χ1v) is 8.15. The monoisotopic (exact) mass is 336 g/mol. The molecule has 1 heterocycles. The van der Waals surface area contributed by atoms with Gasteiger partial charge in [-0.1, -0.05) is 18.2 Å². The number of nitriles is 1. The summed E-state index contributed by atoms with van der Waals surface area (Å²) in [5.74, 6) is 0.704. The zero-order valence-electron chi connectivity index (χ0n) is 14.1. The summed E-state index contributed by atoms with van der Waals surface area (Å²) in [4.78, 5) is 16.4. The van der Waals surface area contributed by atoms with E-state index in [1.807, 2.05) is 42.5 Å². The second-order valence-corrected chi connectivity index (χ2v) is 5.77. The van der Waals surface area contributed by atoms with Crippen LogP contribution in [0.1, 0.15) is 5.56 Å². The maximum Gasteiger partial charge on any atom is 0.321 e. The van der Waals surface area contributed by atoms with E-state index in [4.69, 9.17) is 4.74 Å². The predicted molar refractivity (Wildman–Crippen MR) is 97.0 cm³/mol. The first-order chi connectivity index (χ1) is 12.2. The number of hydrogen-bond acceptors (Lipinski definition) is 4. The molecule has 0 aliphatic carbocycles. The molecule has 0 saturated carbocycles. The van der Waals surface area contributed by atoms with Gasteiger partial charge in [0, 0.05) is 37.9 Å². The van der Waals surface area contributed by atoms with E-state index >= 15 is 0 Å². The van der Waals surface area contributed by atoms with E-state index in [2.05, 4.69) is 16.3 Å². The largest absolute Gasteiger partial charge is 0.497 e. The van der Waals surface area contributed by atoms with Gasteiger partial charge in [-0.3, -0.25) is 0 Å². The number of benzene rings is 2. The number of nitrogens with zero attached hydrogens (tertiary/aromatic N) is 3. The quantitative estimate of drug-likeness (QED) is 0.936. The number of nitrogens with one attached hydrogen (secondary N) is 1. The average Bonchev–Trinajstić information content (AvgIpc) is 2.68. The zero-order chi connectivity index (χ0) is 17.6. The molecule has 128 valence electrons. The fourth-order valence-electron chi connectivity index (χ4n) is 2.90. The van der Waals surface area contributed by atoms with E-state index in [9.17, 15) is 10.1 Å². The van der Waals surface area contributed by atoms with Crippen LogP contribution >= 0.6 is 0 Å². The molecule has 0 radical (unpaired) electrons. The number of rotatable bonds is 3. The molecular weight excluding hydrogens is 316 g/mol. The summed E-state index contributed by atoms with van der Waals surface area (Å²) in [6.45, 7) is 2.61. The molecule has 0 bridgehead atoms. The predicted octanol–water partition coefficient (Wildman–Crippen LogP) is 2.92. The van der Waals surface area contributed by atoms with Crippen LogP contribution in [0.5, 0.6) is 5.75 Å². The number of ether oxygens (including phenoxy) is 1. The number of amides is 2. The zero-order valence-corrected chi connectivity index (χ0v) is 14.1. The fourth-order valence-corrected chi connectivity index (χ4v) is 2.90. The van der Waals surface area contributed by atoms with Gasteiger partial charge in [0.05, 0.1) is 18.4 Å². The fraction of sp³-hybridized carbons (Fsp3) is 0.263. The van der Waals surface area contributed by atoms with Crippen molar-refractivity contribution >= 4 is 17.4 Å². The maximum atomic E-state index is 12.4. The molecule has 1 aliphatic heterocycles. The van der Waals surface area contributed by atoms with E-state index < -0.39 is 0 Å². The summed E-state index contributed by atoms with van der Waals surface area (Å²) in [6, 6.07) is 17.0. The standard InChI is InChI=1S/C19H20N4O2/c1-25-17-7-4-6-16(13-17)21-19(24)23-11-9-22(10-12-23)18-8-3-2-5-15(18)14-20/h2-8,13H,9-12H2,1H3,(H,21,24). The molecule has 2 amide bonds. The molecular formula is C19H20N4O2. The van der Waals surface area contributed by atoms with Gasteiger partial charge in [-0.05, 0) is 24.3 Å². The van der Waals surface area contributed by atoms with E-state index in [-0.39, 0.29) is 6.03 Å². The minimum Gasteiger partial charge on any atom is -0.497 e. The molecule has 6 heteroatoms. The summed E-state index contributed by atoms with van der Waals surface area (Å²) >= 11 is 0. The topological polar surface area (TPSA) is 68.6 Å². The maximum absolute atomic E-state index is 12.4. The van der Waals surface area contributed by atoms with Crippen molar-refractivity contribution in [3.63, 3.8) is 0 Å². The van der Waals surface area contributed by atoms with Crippen molar-refractivity contribution in [1.29, 1.82) is 5.26 Å². The molecule has 25 heavy (non-hydrogen) atoms. The second-order valence-electron chi connectivity index (χ2n) is 5.77. The Morgan fingerprint density at radius 1 is 1.12 bits per heavy atom. The number of methoxy groups -OCH3 is 1. The van der Waals surface area contributed by atoms with Crippen molar-refractivity contribution in [2.75, 3.05) is 43.5 Å². The highest BCUT2D eigenvalue weighted by Crippen LogP contribution is 2.22. The lowest BCUT2D eigenvalue weighted by molar-refractivity contribution is 0.208. The summed E-state index contributed by atoms with van der Waals surface area (Å²) in [6.07, 6.45) is 0. The number of hydrogen-bond donors (Lipinski definition) is 1. The SMILES string of the molecule is COc1cccc(NC(=O)N2CCN(c3ccccc3C#N)CC2)c1. The number of carbonyl (C=O) groups excluding carboxylic acids is 1. The van der Waals surface area contributed by atoms with Crippen molar-refractivity contribution < 1.29 is 9.53 Å².